The topological polar surface area (TPSA) is 18.5 Å². The van der Waals surface area contributed by atoms with Crippen LogP contribution in [0.5, 0.6) is 0 Å². The molecule has 1 aliphatic heterocycles. The van der Waals surface area contributed by atoms with Crippen molar-refractivity contribution in [1.82, 2.24) is 10.2 Å². The molecule has 1 aromatic rings. The van der Waals surface area contributed by atoms with Crippen LogP contribution in [0.3, 0.4) is 0 Å². The summed E-state index contributed by atoms with van der Waals surface area (Å²) < 4.78 is 0. The minimum atomic E-state index is 0.606. The monoisotopic (exact) mass is 295 g/mol. The molecule has 4 heteroatoms. The molecule has 1 atom stereocenters. The molecule has 0 saturated carbocycles. The van der Waals surface area contributed by atoms with E-state index in [4.69, 9.17) is 11.6 Å². The minimum Gasteiger partial charge on any atom is -0.369 e. The highest BCUT2D eigenvalue weighted by atomic mass is 35.5. The molecular formula is C16H26ClN3. The predicted molar refractivity (Wildman–Crippen MR) is 87.8 cm³/mol. The van der Waals surface area contributed by atoms with Crippen LogP contribution in [-0.4, -0.2) is 43.7 Å². The van der Waals surface area contributed by atoms with Gasteiger partial charge in [0.05, 0.1) is 0 Å². The molecule has 112 valence electrons. The maximum Gasteiger partial charge on any atom is 0.0471 e. The number of halogens is 1. The molecule has 0 radical (unpaired) electrons. The number of anilines is 1. The first-order chi connectivity index (χ1) is 9.65. The van der Waals surface area contributed by atoms with Crippen LogP contribution in [0, 0.1) is 0 Å². The van der Waals surface area contributed by atoms with Crippen molar-refractivity contribution in [2.45, 2.75) is 33.4 Å². The summed E-state index contributed by atoms with van der Waals surface area (Å²) in [6.45, 7) is 12.9. The van der Waals surface area contributed by atoms with Crippen molar-refractivity contribution >= 4 is 17.3 Å². The summed E-state index contributed by atoms with van der Waals surface area (Å²) in [5.74, 6) is 0. The van der Waals surface area contributed by atoms with Crippen molar-refractivity contribution in [2.75, 3.05) is 37.6 Å². The predicted octanol–water partition coefficient (Wildman–Crippen LogP) is 2.98. The fraction of sp³-hybridized carbons (Fsp3) is 0.625. The SMILES string of the molecule is CCNCc1ccc(N2CCN(CC)C(C)C2)cc1Cl. The molecule has 0 bridgehead atoms. The molecule has 0 amide bonds. The van der Waals surface area contributed by atoms with E-state index in [0.717, 1.165) is 44.3 Å². The van der Waals surface area contributed by atoms with Crippen molar-refractivity contribution in [1.29, 1.82) is 0 Å². The van der Waals surface area contributed by atoms with E-state index in [1.54, 1.807) is 0 Å². The fourth-order valence-electron chi connectivity index (χ4n) is 2.84. The van der Waals surface area contributed by atoms with Gasteiger partial charge in [0, 0.05) is 42.9 Å². The second-order valence-corrected chi connectivity index (χ2v) is 5.89. The summed E-state index contributed by atoms with van der Waals surface area (Å²) in [5, 5.41) is 4.19. The summed E-state index contributed by atoms with van der Waals surface area (Å²) >= 11 is 6.40. The van der Waals surface area contributed by atoms with E-state index in [-0.39, 0.29) is 0 Å². The standard InChI is InChI=1S/C16H26ClN3/c1-4-18-11-14-6-7-15(10-16(14)17)20-9-8-19(5-2)13(3)12-20/h6-7,10,13,18H,4-5,8-9,11-12H2,1-3H3. The number of nitrogens with zero attached hydrogens (tertiary/aromatic N) is 2. The molecule has 2 rings (SSSR count). The Balaban J connectivity index is 2.04. The Labute approximate surface area is 127 Å². The molecule has 1 aliphatic rings. The van der Waals surface area contributed by atoms with Gasteiger partial charge in [-0.3, -0.25) is 4.90 Å². The average molecular weight is 296 g/mol. The molecule has 1 saturated heterocycles. The second-order valence-electron chi connectivity index (χ2n) is 5.48. The van der Waals surface area contributed by atoms with Crippen LogP contribution < -0.4 is 10.2 Å². The van der Waals surface area contributed by atoms with Gasteiger partial charge in [-0.25, -0.2) is 0 Å². The van der Waals surface area contributed by atoms with E-state index in [1.165, 1.54) is 11.3 Å². The quantitative estimate of drug-likeness (QED) is 0.901. The van der Waals surface area contributed by atoms with Crippen LogP contribution in [0.1, 0.15) is 26.3 Å². The molecule has 3 nitrogen and oxygen atoms in total. The molecule has 0 aliphatic carbocycles. The van der Waals surface area contributed by atoms with Gasteiger partial charge < -0.3 is 10.2 Å². The molecule has 1 unspecified atom stereocenters. The summed E-state index contributed by atoms with van der Waals surface area (Å²) in [6.07, 6.45) is 0. The lowest BCUT2D eigenvalue weighted by Gasteiger charge is -2.40. The van der Waals surface area contributed by atoms with Gasteiger partial charge in [0.15, 0.2) is 0 Å². The number of piperazine rings is 1. The largest absolute Gasteiger partial charge is 0.369 e. The molecule has 0 aromatic heterocycles. The van der Waals surface area contributed by atoms with Crippen LogP contribution in [0.4, 0.5) is 5.69 Å². The van der Waals surface area contributed by atoms with Crippen LogP contribution in [-0.2, 0) is 6.54 Å². The summed E-state index contributed by atoms with van der Waals surface area (Å²) in [5.41, 5.74) is 2.43. The Morgan fingerprint density at radius 3 is 2.70 bits per heavy atom. The normalized spacial score (nSPS) is 20.4. The number of rotatable bonds is 5. The van der Waals surface area contributed by atoms with Gasteiger partial charge in [-0.1, -0.05) is 31.5 Å². The lowest BCUT2D eigenvalue weighted by atomic mass is 10.1. The van der Waals surface area contributed by atoms with Gasteiger partial charge in [-0.15, -0.1) is 0 Å². The lowest BCUT2D eigenvalue weighted by molar-refractivity contribution is 0.199. The Kier molecular flexibility index (Phi) is 5.70. The number of hydrogen-bond acceptors (Lipinski definition) is 3. The number of benzene rings is 1. The van der Waals surface area contributed by atoms with Crippen LogP contribution in [0.15, 0.2) is 18.2 Å². The molecule has 1 N–H and O–H groups in total. The third-order valence-electron chi connectivity index (χ3n) is 4.14. The molecule has 1 aromatic carbocycles. The highest BCUT2D eigenvalue weighted by Crippen LogP contribution is 2.25. The van der Waals surface area contributed by atoms with E-state index in [1.807, 2.05) is 0 Å². The van der Waals surface area contributed by atoms with Gasteiger partial charge in [-0.2, -0.15) is 0 Å². The smallest absolute Gasteiger partial charge is 0.0471 e. The Bertz CT molecular complexity index is 436. The molecule has 1 fully saturated rings. The van der Waals surface area contributed by atoms with Crippen molar-refractivity contribution in [3.05, 3.63) is 28.8 Å². The number of hydrogen-bond donors (Lipinski definition) is 1. The van der Waals surface area contributed by atoms with Crippen molar-refractivity contribution in [3.63, 3.8) is 0 Å². The second kappa shape index (κ2) is 7.30. The maximum atomic E-state index is 6.40. The Morgan fingerprint density at radius 1 is 1.30 bits per heavy atom. The van der Waals surface area contributed by atoms with Gasteiger partial charge in [0.25, 0.3) is 0 Å². The molecule has 1 heterocycles. The van der Waals surface area contributed by atoms with Crippen molar-refractivity contribution in [2.24, 2.45) is 0 Å². The first kappa shape index (κ1) is 15.6. The van der Waals surface area contributed by atoms with Gasteiger partial charge >= 0.3 is 0 Å². The average Bonchev–Trinajstić information content (AvgIpc) is 2.46. The maximum absolute atomic E-state index is 6.40. The summed E-state index contributed by atoms with van der Waals surface area (Å²) in [6, 6.07) is 7.07. The number of nitrogens with one attached hydrogen (secondary N) is 1. The molecule has 20 heavy (non-hydrogen) atoms. The van der Waals surface area contributed by atoms with E-state index in [2.05, 4.69) is 54.1 Å². The van der Waals surface area contributed by atoms with Crippen LogP contribution in [0.25, 0.3) is 0 Å². The van der Waals surface area contributed by atoms with Gasteiger partial charge in [-0.05, 0) is 37.7 Å². The molecule has 0 spiro atoms. The highest BCUT2D eigenvalue weighted by molar-refractivity contribution is 6.31. The van der Waals surface area contributed by atoms with Crippen LogP contribution in [0.2, 0.25) is 5.02 Å². The lowest BCUT2D eigenvalue weighted by Crippen LogP contribution is -2.51. The molecular weight excluding hydrogens is 270 g/mol. The Hall–Kier alpha value is -0.770. The summed E-state index contributed by atoms with van der Waals surface area (Å²) in [7, 11) is 0. The van der Waals surface area contributed by atoms with E-state index in [9.17, 15) is 0 Å². The third-order valence-corrected chi connectivity index (χ3v) is 4.49. The van der Waals surface area contributed by atoms with E-state index < -0.39 is 0 Å². The zero-order valence-corrected chi connectivity index (χ0v) is 13.6. The highest BCUT2D eigenvalue weighted by Gasteiger charge is 2.22. The van der Waals surface area contributed by atoms with Crippen molar-refractivity contribution < 1.29 is 0 Å². The van der Waals surface area contributed by atoms with E-state index in [0.29, 0.717) is 6.04 Å². The van der Waals surface area contributed by atoms with Gasteiger partial charge in [0.2, 0.25) is 0 Å². The van der Waals surface area contributed by atoms with Gasteiger partial charge in [0.1, 0.15) is 0 Å². The first-order valence-electron chi connectivity index (χ1n) is 7.63. The zero-order chi connectivity index (χ0) is 14.5. The summed E-state index contributed by atoms with van der Waals surface area (Å²) in [4.78, 5) is 4.97. The number of likely N-dealkylation sites (N-methyl/N-ethyl adjacent to an activating group) is 1. The van der Waals surface area contributed by atoms with Crippen molar-refractivity contribution in [3.8, 4) is 0 Å². The minimum absolute atomic E-state index is 0.606. The zero-order valence-electron chi connectivity index (χ0n) is 12.8. The first-order valence-corrected chi connectivity index (χ1v) is 8.01. The van der Waals surface area contributed by atoms with E-state index >= 15 is 0 Å². The van der Waals surface area contributed by atoms with Crippen LogP contribution >= 0.6 is 11.6 Å². The fourth-order valence-corrected chi connectivity index (χ4v) is 3.08. The third kappa shape index (κ3) is 3.66. The Morgan fingerprint density at radius 2 is 2.10 bits per heavy atom.